The first kappa shape index (κ1) is 14.7. The van der Waals surface area contributed by atoms with Gasteiger partial charge in [0.05, 0.1) is 19.8 Å². The number of hydrogen-bond donors (Lipinski definition) is 1. The van der Waals surface area contributed by atoms with E-state index in [0.717, 1.165) is 5.56 Å². The number of carbonyl (C=O) groups is 1. The van der Waals surface area contributed by atoms with Crippen molar-refractivity contribution in [2.45, 2.75) is 6.61 Å². The highest BCUT2D eigenvalue weighted by atomic mass is 16.5. The summed E-state index contributed by atoms with van der Waals surface area (Å²) in [6.45, 7) is 0.125. The van der Waals surface area contributed by atoms with E-state index in [-0.39, 0.29) is 6.61 Å². The largest absolute Gasteiger partial charge is 0.497 e. The van der Waals surface area contributed by atoms with Crippen molar-refractivity contribution in [3.8, 4) is 11.5 Å². The highest BCUT2D eigenvalue weighted by molar-refractivity contribution is 5.91. The van der Waals surface area contributed by atoms with Gasteiger partial charge in [0, 0.05) is 17.3 Å². The first-order valence-electron chi connectivity index (χ1n) is 6.37. The van der Waals surface area contributed by atoms with E-state index >= 15 is 0 Å². The van der Waals surface area contributed by atoms with Crippen molar-refractivity contribution < 1.29 is 19.0 Å². The zero-order valence-corrected chi connectivity index (χ0v) is 12.0. The Morgan fingerprint density at radius 2 is 1.86 bits per heavy atom. The number of methoxy groups -OCH3 is 2. The van der Waals surface area contributed by atoms with Crippen LogP contribution in [0.15, 0.2) is 42.5 Å². The van der Waals surface area contributed by atoms with E-state index < -0.39 is 5.97 Å². The maximum Gasteiger partial charge on any atom is 0.338 e. The van der Waals surface area contributed by atoms with Gasteiger partial charge in [0.2, 0.25) is 0 Å². The third-order valence-corrected chi connectivity index (χ3v) is 2.95. The number of rotatable bonds is 5. The van der Waals surface area contributed by atoms with E-state index in [1.54, 1.807) is 25.3 Å². The van der Waals surface area contributed by atoms with Crippen LogP contribution in [-0.4, -0.2) is 20.2 Å². The first-order valence-corrected chi connectivity index (χ1v) is 6.37. The summed E-state index contributed by atoms with van der Waals surface area (Å²) in [7, 11) is 3.09. The third kappa shape index (κ3) is 3.66. The number of benzene rings is 2. The Balaban J connectivity index is 2.10. The van der Waals surface area contributed by atoms with Gasteiger partial charge in [-0.25, -0.2) is 4.79 Å². The Hall–Kier alpha value is -2.69. The molecule has 2 aromatic carbocycles. The average Bonchev–Trinajstić information content (AvgIpc) is 2.52. The Labute approximate surface area is 123 Å². The minimum Gasteiger partial charge on any atom is -0.497 e. The molecule has 2 aromatic rings. The van der Waals surface area contributed by atoms with Crippen molar-refractivity contribution in [2.24, 2.45) is 0 Å². The quantitative estimate of drug-likeness (QED) is 0.676. The molecule has 0 heterocycles. The predicted octanol–water partition coefficient (Wildman–Crippen LogP) is 2.64. The second-order valence-corrected chi connectivity index (χ2v) is 4.38. The normalized spacial score (nSPS) is 10.0. The molecule has 0 atom stereocenters. The lowest BCUT2D eigenvalue weighted by Gasteiger charge is -2.10. The number of nitrogen functional groups attached to an aromatic ring is 1. The third-order valence-electron chi connectivity index (χ3n) is 2.95. The Kier molecular flexibility index (Phi) is 4.66. The topological polar surface area (TPSA) is 70.8 Å². The summed E-state index contributed by atoms with van der Waals surface area (Å²) >= 11 is 0. The molecule has 110 valence electrons. The van der Waals surface area contributed by atoms with Crippen LogP contribution < -0.4 is 15.2 Å². The van der Waals surface area contributed by atoms with E-state index in [0.29, 0.717) is 22.7 Å². The summed E-state index contributed by atoms with van der Waals surface area (Å²) in [4.78, 5) is 12.1. The summed E-state index contributed by atoms with van der Waals surface area (Å²) in [6, 6.07) is 12.1. The molecular weight excluding hydrogens is 270 g/mol. The molecule has 2 N–H and O–H groups in total. The Morgan fingerprint density at radius 1 is 1.10 bits per heavy atom. The van der Waals surface area contributed by atoms with E-state index in [1.165, 1.54) is 7.11 Å². The molecule has 2 rings (SSSR count). The second kappa shape index (κ2) is 6.65. The highest BCUT2D eigenvalue weighted by Gasteiger charge is 2.11. The lowest BCUT2D eigenvalue weighted by molar-refractivity contribution is 0.0470. The van der Waals surface area contributed by atoms with Crippen LogP contribution in [0, 0.1) is 0 Å². The van der Waals surface area contributed by atoms with Crippen molar-refractivity contribution in [1.82, 2.24) is 0 Å². The maximum atomic E-state index is 12.1. The zero-order valence-electron chi connectivity index (χ0n) is 12.0. The van der Waals surface area contributed by atoms with E-state index in [2.05, 4.69) is 0 Å². The summed E-state index contributed by atoms with van der Waals surface area (Å²) < 4.78 is 15.6. The summed E-state index contributed by atoms with van der Waals surface area (Å²) in [5, 5.41) is 0. The van der Waals surface area contributed by atoms with Crippen molar-refractivity contribution in [1.29, 1.82) is 0 Å². The fourth-order valence-electron chi connectivity index (χ4n) is 1.91. The molecule has 0 unspecified atom stereocenters. The number of carbonyl (C=O) groups excluding carboxylic acids is 1. The second-order valence-electron chi connectivity index (χ2n) is 4.38. The molecular formula is C16H17NO4. The first-order chi connectivity index (χ1) is 10.1. The van der Waals surface area contributed by atoms with Gasteiger partial charge in [0.1, 0.15) is 18.1 Å². The number of esters is 1. The molecule has 0 spiro atoms. The summed E-state index contributed by atoms with van der Waals surface area (Å²) in [6.07, 6.45) is 0. The average molecular weight is 287 g/mol. The number of anilines is 1. The van der Waals surface area contributed by atoms with Crippen LogP contribution in [0.2, 0.25) is 0 Å². The number of hydrogen-bond acceptors (Lipinski definition) is 5. The fraction of sp³-hybridized carbons (Fsp3) is 0.188. The van der Waals surface area contributed by atoms with Crippen molar-refractivity contribution in [3.05, 3.63) is 53.6 Å². The minimum absolute atomic E-state index is 0.125. The van der Waals surface area contributed by atoms with Crippen LogP contribution in [0.5, 0.6) is 11.5 Å². The van der Waals surface area contributed by atoms with Gasteiger partial charge in [-0.15, -0.1) is 0 Å². The molecule has 0 saturated carbocycles. The molecule has 0 aromatic heterocycles. The van der Waals surface area contributed by atoms with Crippen molar-refractivity contribution >= 4 is 11.7 Å². The van der Waals surface area contributed by atoms with Gasteiger partial charge in [0.15, 0.2) is 0 Å². The Morgan fingerprint density at radius 3 is 2.57 bits per heavy atom. The molecule has 0 aliphatic carbocycles. The molecule has 0 saturated heterocycles. The standard InChI is InChI=1S/C16H17NO4/c1-19-14-8-12(7-13(17)9-14)16(18)21-10-11-5-3-4-6-15(11)20-2/h3-9H,10,17H2,1-2H3. The SMILES string of the molecule is COc1cc(N)cc(C(=O)OCc2ccccc2OC)c1. The molecule has 0 radical (unpaired) electrons. The monoisotopic (exact) mass is 287 g/mol. The molecule has 5 heteroatoms. The van der Waals surface area contributed by atoms with Crippen LogP contribution >= 0.6 is 0 Å². The molecule has 21 heavy (non-hydrogen) atoms. The molecule has 0 aliphatic heterocycles. The van der Waals surface area contributed by atoms with E-state index in [4.69, 9.17) is 19.9 Å². The lowest BCUT2D eigenvalue weighted by Crippen LogP contribution is -2.07. The van der Waals surface area contributed by atoms with Crippen LogP contribution in [0.25, 0.3) is 0 Å². The number of para-hydroxylation sites is 1. The lowest BCUT2D eigenvalue weighted by atomic mass is 10.2. The van der Waals surface area contributed by atoms with Crippen LogP contribution in [0.4, 0.5) is 5.69 Å². The smallest absolute Gasteiger partial charge is 0.338 e. The zero-order chi connectivity index (χ0) is 15.2. The van der Waals surface area contributed by atoms with E-state index in [9.17, 15) is 4.79 Å². The van der Waals surface area contributed by atoms with Crippen molar-refractivity contribution in [3.63, 3.8) is 0 Å². The van der Waals surface area contributed by atoms with Gasteiger partial charge in [-0.05, 0) is 18.2 Å². The van der Waals surface area contributed by atoms with Gasteiger partial charge in [-0.1, -0.05) is 18.2 Å². The maximum absolute atomic E-state index is 12.1. The molecule has 0 amide bonds. The molecule has 0 aliphatic rings. The van der Waals surface area contributed by atoms with Gasteiger partial charge in [0.25, 0.3) is 0 Å². The van der Waals surface area contributed by atoms with Crippen LogP contribution in [0.1, 0.15) is 15.9 Å². The molecule has 0 bridgehead atoms. The van der Waals surface area contributed by atoms with Crippen molar-refractivity contribution in [2.75, 3.05) is 20.0 Å². The van der Waals surface area contributed by atoms with Gasteiger partial charge in [-0.2, -0.15) is 0 Å². The van der Waals surface area contributed by atoms with Crippen LogP contribution in [-0.2, 0) is 11.3 Å². The summed E-state index contributed by atoms with van der Waals surface area (Å²) in [5.74, 6) is 0.723. The fourth-order valence-corrected chi connectivity index (χ4v) is 1.91. The molecule has 0 fully saturated rings. The van der Waals surface area contributed by atoms with E-state index in [1.807, 2.05) is 24.3 Å². The van der Waals surface area contributed by atoms with Crippen LogP contribution in [0.3, 0.4) is 0 Å². The number of nitrogens with two attached hydrogens (primary N) is 1. The van der Waals surface area contributed by atoms with Gasteiger partial charge in [-0.3, -0.25) is 0 Å². The predicted molar refractivity (Wildman–Crippen MR) is 79.5 cm³/mol. The Bertz CT molecular complexity index is 640. The highest BCUT2D eigenvalue weighted by Crippen LogP contribution is 2.21. The summed E-state index contributed by atoms with van der Waals surface area (Å²) in [5.41, 5.74) is 7.31. The number of ether oxygens (including phenoxy) is 3. The van der Waals surface area contributed by atoms with Gasteiger partial charge >= 0.3 is 5.97 Å². The van der Waals surface area contributed by atoms with Gasteiger partial charge < -0.3 is 19.9 Å². The molecule has 5 nitrogen and oxygen atoms in total. The minimum atomic E-state index is -0.466.